The van der Waals surface area contributed by atoms with Gasteiger partial charge < -0.3 is 5.11 Å². The van der Waals surface area contributed by atoms with Crippen LogP contribution >= 0.6 is 27.7 Å². The van der Waals surface area contributed by atoms with Gasteiger partial charge in [-0.05, 0) is 31.2 Å². The van der Waals surface area contributed by atoms with E-state index in [1.54, 1.807) is 17.8 Å². The predicted molar refractivity (Wildman–Crippen MR) is 76.4 cm³/mol. The van der Waals surface area contributed by atoms with Crippen LogP contribution in [0.3, 0.4) is 0 Å². The van der Waals surface area contributed by atoms with E-state index < -0.39 is 0 Å². The minimum Gasteiger partial charge on any atom is -0.390 e. The summed E-state index contributed by atoms with van der Waals surface area (Å²) in [6.07, 6.45) is 0. The lowest BCUT2D eigenvalue weighted by atomic mass is 10.3. The van der Waals surface area contributed by atoms with Gasteiger partial charge in [-0.1, -0.05) is 22.0 Å². The molecule has 3 nitrogen and oxygen atoms in total. The molecule has 0 saturated carbocycles. The molecule has 0 atom stereocenters. The van der Waals surface area contributed by atoms with Gasteiger partial charge in [0.25, 0.3) is 0 Å². The highest BCUT2D eigenvalue weighted by Gasteiger charge is 2.03. The van der Waals surface area contributed by atoms with Crippen LogP contribution in [-0.2, 0) is 12.4 Å². The molecule has 1 aromatic carbocycles. The minimum absolute atomic E-state index is 0.0437. The summed E-state index contributed by atoms with van der Waals surface area (Å²) in [4.78, 5) is 9.83. The maximum Gasteiger partial charge on any atom is 0.139 e. The molecule has 1 aromatic heterocycles. The summed E-state index contributed by atoms with van der Waals surface area (Å²) in [5.41, 5.74) is 1.56. The van der Waals surface area contributed by atoms with E-state index in [1.807, 2.05) is 19.1 Å². The number of thioether (sulfide) groups is 1. The first-order valence-electron chi connectivity index (χ1n) is 5.50. The van der Waals surface area contributed by atoms with Crippen molar-refractivity contribution in [1.29, 1.82) is 0 Å². The van der Waals surface area contributed by atoms with E-state index in [1.165, 1.54) is 4.90 Å². The number of rotatable bonds is 4. The maximum atomic E-state index is 9.10. The van der Waals surface area contributed by atoms with Crippen molar-refractivity contribution in [2.24, 2.45) is 0 Å². The van der Waals surface area contributed by atoms with Crippen molar-refractivity contribution in [3.05, 3.63) is 52.0 Å². The topological polar surface area (TPSA) is 46.0 Å². The number of halogens is 1. The van der Waals surface area contributed by atoms with Crippen LogP contribution in [0.1, 0.15) is 17.2 Å². The minimum atomic E-state index is -0.0437. The van der Waals surface area contributed by atoms with E-state index >= 15 is 0 Å². The Bertz CT molecular complexity index is 548. The van der Waals surface area contributed by atoms with Crippen LogP contribution in [0.2, 0.25) is 0 Å². The lowest BCUT2D eigenvalue weighted by Gasteiger charge is -2.04. The standard InChI is InChI=1S/C13H13BrN2OS/c1-9-5-11(7-17)16-13(15-9)8-18-12-4-2-3-10(14)6-12/h2-6,17H,7-8H2,1H3. The van der Waals surface area contributed by atoms with Gasteiger partial charge in [-0.25, -0.2) is 9.97 Å². The van der Waals surface area contributed by atoms with Gasteiger partial charge >= 0.3 is 0 Å². The molecule has 2 aromatic rings. The van der Waals surface area contributed by atoms with Crippen LogP contribution in [0.15, 0.2) is 39.7 Å². The summed E-state index contributed by atoms with van der Waals surface area (Å²) >= 11 is 5.12. The van der Waals surface area contributed by atoms with Crippen LogP contribution < -0.4 is 0 Å². The van der Waals surface area contributed by atoms with Crippen molar-refractivity contribution in [2.75, 3.05) is 0 Å². The molecule has 0 spiro atoms. The quantitative estimate of drug-likeness (QED) is 0.876. The lowest BCUT2D eigenvalue weighted by molar-refractivity contribution is 0.276. The van der Waals surface area contributed by atoms with E-state index in [2.05, 4.69) is 38.0 Å². The van der Waals surface area contributed by atoms with Crippen molar-refractivity contribution in [3.63, 3.8) is 0 Å². The first-order chi connectivity index (χ1) is 8.67. The Balaban J connectivity index is 2.08. The lowest BCUT2D eigenvalue weighted by Crippen LogP contribution is -2.00. The van der Waals surface area contributed by atoms with E-state index in [-0.39, 0.29) is 6.61 Å². The van der Waals surface area contributed by atoms with Crippen LogP contribution in [0, 0.1) is 6.92 Å². The second-order valence-electron chi connectivity index (χ2n) is 3.82. The predicted octanol–water partition coefficient (Wildman–Crippen LogP) is 3.33. The monoisotopic (exact) mass is 324 g/mol. The fraction of sp³-hybridized carbons (Fsp3) is 0.231. The summed E-state index contributed by atoms with van der Waals surface area (Å²) in [6.45, 7) is 1.87. The SMILES string of the molecule is Cc1cc(CO)nc(CSc2cccc(Br)c2)n1. The average molecular weight is 325 g/mol. The normalized spacial score (nSPS) is 10.6. The van der Waals surface area contributed by atoms with Crippen molar-refractivity contribution < 1.29 is 5.11 Å². The number of aryl methyl sites for hydroxylation is 1. The molecular formula is C13H13BrN2OS. The number of nitrogens with zero attached hydrogens (tertiary/aromatic N) is 2. The largest absolute Gasteiger partial charge is 0.390 e. The number of aliphatic hydroxyl groups excluding tert-OH is 1. The first-order valence-corrected chi connectivity index (χ1v) is 7.28. The molecule has 0 unspecified atom stereocenters. The molecule has 18 heavy (non-hydrogen) atoms. The highest BCUT2D eigenvalue weighted by molar-refractivity contribution is 9.10. The van der Waals surface area contributed by atoms with Gasteiger partial charge in [0.15, 0.2) is 0 Å². The average Bonchev–Trinajstić information content (AvgIpc) is 2.36. The molecule has 0 bridgehead atoms. The number of hydrogen-bond acceptors (Lipinski definition) is 4. The van der Waals surface area contributed by atoms with Gasteiger partial charge in [0.05, 0.1) is 18.1 Å². The van der Waals surface area contributed by atoms with Crippen LogP contribution in [-0.4, -0.2) is 15.1 Å². The Labute approximate surface area is 119 Å². The molecule has 0 aliphatic heterocycles. The molecule has 2 rings (SSSR count). The number of benzene rings is 1. The van der Waals surface area contributed by atoms with Crippen molar-refractivity contribution in [3.8, 4) is 0 Å². The van der Waals surface area contributed by atoms with Gasteiger partial charge in [0.2, 0.25) is 0 Å². The van der Waals surface area contributed by atoms with Crippen LogP contribution in [0.4, 0.5) is 0 Å². The summed E-state index contributed by atoms with van der Waals surface area (Å²) in [5, 5.41) is 9.10. The molecule has 1 N–H and O–H groups in total. The third-order valence-electron chi connectivity index (χ3n) is 2.28. The highest BCUT2D eigenvalue weighted by Crippen LogP contribution is 2.24. The molecule has 5 heteroatoms. The fourth-order valence-electron chi connectivity index (χ4n) is 1.55. The highest BCUT2D eigenvalue weighted by atomic mass is 79.9. The zero-order valence-electron chi connectivity index (χ0n) is 9.93. The molecule has 1 heterocycles. The fourth-order valence-corrected chi connectivity index (χ4v) is 2.91. The molecule has 0 radical (unpaired) electrons. The first kappa shape index (κ1) is 13.5. The van der Waals surface area contributed by atoms with Crippen molar-refractivity contribution in [1.82, 2.24) is 9.97 Å². The Kier molecular flexibility index (Phi) is 4.74. The maximum absolute atomic E-state index is 9.10. The van der Waals surface area contributed by atoms with E-state index in [9.17, 15) is 0 Å². The van der Waals surface area contributed by atoms with Gasteiger partial charge in [-0.3, -0.25) is 0 Å². The number of hydrogen-bond donors (Lipinski definition) is 1. The van der Waals surface area contributed by atoms with Crippen LogP contribution in [0.25, 0.3) is 0 Å². The molecular weight excluding hydrogens is 312 g/mol. The third kappa shape index (κ3) is 3.80. The Morgan fingerprint density at radius 1 is 1.28 bits per heavy atom. The zero-order valence-corrected chi connectivity index (χ0v) is 12.3. The van der Waals surface area contributed by atoms with Gasteiger partial charge in [0.1, 0.15) is 5.82 Å². The third-order valence-corrected chi connectivity index (χ3v) is 3.76. The van der Waals surface area contributed by atoms with Gasteiger partial charge in [-0.2, -0.15) is 0 Å². The Morgan fingerprint density at radius 3 is 2.83 bits per heavy atom. The molecule has 94 valence electrons. The summed E-state index contributed by atoms with van der Waals surface area (Å²) in [6, 6.07) is 9.92. The summed E-state index contributed by atoms with van der Waals surface area (Å²) in [7, 11) is 0. The summed E-state index contributed by atoms with van der Waals surface area (Å²) in [5.74, 6) is 1.45. The van der Waals surface area contributed by atoms with E-state index in [0.29, 0.717) is 11.4 Å². The second kappa shape index (κ2) is 6.31. The number of aromatic nitrogens is 2. The molecule has 0 saturated heterocycles. The molecule has 0 fully saturated rings. The van der Waals surface area contributed by atoms with E-state index in [0.717, 1.165) is 16.0 Å². The summed E-state index contributed by atoms with van der Waals surface area (Å²) < 4.78 is 1.06. The number of aliphatic hydroxyl groups is 1. The van der Waals surface area contributed by atoms with Crippen molar-refractivity contribution in [2.45, 2.75) is 24.2 Å². The second-order valence-corrected chi connectivity index (χ2v) is 5.79. The van der Waals surface area contributed by atoms with E-state index in [4.69, 9.17) is 5.11 Å². The Hall–Kier alpha value is -0.910. The van der Waals surface area contributed by atoms with Crippen molar-refractivity contribution >= 4 is 27.7 Å². The smallest absolute Gasteiger partial charge is 0.139 e. The Morgan fingerprint density at radius 2 is 2.11 bits per heavy atom. The molecule has 0 aliphatic rings. The van der Waals surface area contributed by atoms with Crippen LogP contribution in [0.5, 0.6) is 0 Å². The molecule has 0 aliphatic carbocycles. The molecule has 0 amide bonds. The van der Waals surface area contributed by atoms with Gasteiger partial charge in [-0.15, -0.1) is 11.8 Å². The van der Waals surface area contributed by atoms with Gasteiger partial charge in [0, 0.05) is 15.1 Å². The zero-order chi connectivity index (χ0) is 13.0.